The summed E-state index contributed by atoms with van der Waals surface area (Å²) in [6, 6.07) is 0. The summed E-state index contributed by atoms with van der Waals surface area (Å²) in [6.07, 6.45) is 2.15. The van der Waals surface area contributed by atoms with Gasteiger partial charge in [-0.1, -0.05) is 34.6 Å². The lowest BCUT2D eigenvalue weighted by Crippen LogP contribution is -2.49. The van der Waals surface area contributed by atoms with Crippen molar-refractivity contribution in [3.63, 3.8) is 0 Å². The van der Waals surface area contributed by atoms with E-state index in [4.69, 9.17) is 0 Å². The molecular weight excluding hydrogens is 340 g/mol. The first-order valence-electron chi connectivity index (χ1n) is 10.0. The van der Waals surface area contributed by atoms with Gasteiger partial charge in [0.2, 0.25) is 17.7 Å². The van der Waals surface area contributed by atoms with Crippen LogP contribution in [0, 0.1) is 16.7 Å². The molecule has 0 aromatic rings. The average molecular weight is 381 g/mol. The van der Waals surface area contributed by atoms with Crippen molar-refractivity contribution in [3.05, 3.63) is 0 Å². The van der Waals surface area contributed by atoms with E-state index in [1.165, 1.54) is 4.90 Å². The first kappa shape index (κ1) is 23.6. The molecule has 3 amide bonds. The molecule has 1 saturated heterocycles. The van der Waals surface area contributed by atoms with Crippen LogP contribution in [0.15, 0.2) is 0 Å². The van der Waals surface area contributed by atoms with Crippen LogP contribution < -0.4 is 5.32 Å². The van der Waals surface area contributed by atoms with Crippen LogP contribution in [0.1, 0.15) is 94.9 Å². The summed E-state index contributed by atoms with van der Waals surface area (Å²) in [6.45, 7) is 20.0. The van der Waals surface area contributed by atoms with E-state index < -0.39 is 5.54 Å². The number of likely N-dealkylation sites (tertiary alicyclic amines) is 1. The number of hydrogen-bond acceptors (Lipinski definition) is 3. The zero-order chi connectivity index (χ0) is 21.4. The van der Waals surface area contributed by atoms with Gasteiger partial charge in [-0.15, -0.1) is 0 Å². The van der Waals surface area contributed by atoms with Gasteiger partial charge in [-0.2, -0.15) is 0 Å². The molecule has 0 aromatic heterocycles. The molecule has 5 heteroatoms. The molecule has 0 saturated carbocycles. The highest BCUT2D eigenvalue weighted by molar-refractivity contribution is 6.04. The van der Waals surface area contributed by atoms with Gasteiger partial charge in [0.05, 0.1) is 5.92 Å². The SMILES string of the molecule is CC(C)(CCC(C)(C)N1C(=O)CC(C(C)(C)C)C1=O)CC(=O)NC(C)(C)C. The fraction of sp³-hybridized carbons (Fsp3) is 0.864. The lowest BCUT2D eigenvalue weighted by atomic mass is 9.78. The van der Waals surface area contributed by atoms with Gasteiger partial charge < -0.3 is 5.32 Å². The minimum absolute atomic E-state index is 0.0337. The van der Waals surface area contributed by atoms with Crippen LogP contribution in [-0.4, -0.2) is 33.7 Å². The number of nitrogens with zero attached hydrogens (tertiary/aromatic N) is 1. The van der Waals surface area contributed by atoms with Crippen LogP contribution in [0.5, 0.6) is 0 Å². The Morgan fingerprint density at radius 3 is 1.89 bits per heavy atom. The number of imide groups is 1. The Balaban J connectivity index is 2.78. The lowest BCUT2D eigenvalue weighted by Gasteiger charge is -2.38. The fourth-order valence-electron chi connectivity index (χ4n) is 3.69. The predicted octanol–water partition coefficient (Wildman–Crippen LogP) is 4.30. The molecule has 0 bridgehead atoms. The van der Waals surface area contributed by atoms with Gasteiger partial charge in [0.15, 0.2) is 0 Å². The van der Waals surface area contributed by atoms with E-state index in [-0.39, 0.29) is 40.0 Å². The molecule has 1 aliphatic rings. The fourth-order valence-corrected chi connectivity index (χ4v) is 3.69. The van der Waals surface area contributed by atoms with Gasteiger partial charge in [-0.05, 0) is 58.3 Å². The molecule has 1 aliphatic heterocycles. The molecule has 0 aromatic carbocycles. The van der Waals surface area contributed by atoms with Crippen molar-refractivity contribution in [1.82, 2.24) is 10.2 Å². The normalized spacial score (nSPS) is 19.6. The highest BCUT2D eigenvalue weighted by atomic mass is 16.2. The van der Waals surface area contributed by atoms with Gasteiger partial charge in [0, 0.05) is 23.9 Å². The molecular formula is C22H40N2O3. The molecule has 5 nitrogen and oxygen atoms in total. The maximum absolute atomic E-state index is 12.9. The third-order valence-electron chi connectivity index (χ3n) is 5.36. The number of nitrogens with one attached hydrogen (secondary N) is 1. The van der Waals surface area contributed by atoms with E-state index in [2.05, 4.69) is 19.2 Å². The Hall–Kier alpha value is -1.39. The molecule has 156 valence electrons. The van der Waals surface area contributed by atoms with Crippen molar-refractivity contribution in [2.24, 2.45) is 16.7 Å². The predicted molar refractivity (Wildman–Crippen MR) is 109 cm³/mol. The summed E-state index contributed by atoms with van der Waals surface area (Å²) >= 11 is 0. The molecule has 1 unspecified atom stereocenters. The number of carbonyl (C=O) groups is 3. The minimum Gasteiger partial charge on any atom is -0.351 e. The Morgan fingerprint density at radius 1 is 0.963 bits per heavy atom. The summed E-state index contributed by atoms with van der Waals surface area (Å²) in [5.41, 5.74) is -1.22. The average Bonchev–Trinajstić information content (AvgIpc) is 2.69. The Bertz CT molecular complexity index is 592. The topological polar surface area (TPSA) is 66.5 Å². The molecule has 1 fully saturated rings. The second-order valence-electron chi connectivity index (χ2n) is 11.6. The number of amides is 3. The molecule has 0 radical (unpaired) electrons. The highest BCUT2D eigenvalue weighted by Crippen LogP contribution is 2.40. The Morgan fingerprint density at radius 2 is 1.48 bits per heavy atom. The summed E-state index contributed by atoms with van der Waals surface area (Å²) in [7, 11) is 0. The van der Waals surface area contributed by atoms with E-state index in [0.29, 0.717) is 19.3 Å². The van der Waals surface area contributed by atoms with Crippen LogP contribution in [0.2, 0.25) is 0 Å². The van der Waals surface area contributed by atoms with Crippen molar-refractivity contribution in [1.29, 1.82) is 0 Å². The number of carbonyl (C=O) groups excluding carboxylic acids is 3. The summed E-state index contributed by atoms with van der Waals surface area (Å²) < 4.78 is 0. The first-order valence-corrected chi connectivity index (χ1v) is 10.0. The van der Waals surface area contributed by atoms with Crippen LogP contribution in [0.3, 0.4) is 0 Å². The van der Waals surface area contributed by atoms with Gasteiger partial charge in [-0.3, -0.25) is 19.3 Å². The van der Waals surface area contributed by atoms with Crippen molar-refractivity contribution >= 4 is 17.7 Å². The maximum Gasteiger partial charge on any atom is 0.233 e. The first-order chi connectivity index (χ1) is 11.9. The standard InChI is InChI=1S/C22H40N2O3/c1-19(2,3)15-13-17(26)24(18(15)27)22(9,10)12-11-21(7,8)14-16(25)23-20(4,5)6/h15H,11-14H2,1-10H3,(H,23,25). The van der Waals surface area contributed by atoms with Crippen molar-refractivity contribution in [3.8, 4) is 0 Å². The van der Waals surface area contributed by atoms with E-state index in [9.17, 15) is 14.4 Å². The van der Waals surface area contributed by atoms with Crippen molar-refractivity contribution in [2.75, 3.05) is 0 Å². The smallest absolute Gasteiger partial charge is 0.233 e. The Labute approximate surface area is 165 Å². The van der Waals surface area contributed by atoms with Gasteiger partial charge >= 0.3 is 0 Å². The van der Waals surface area contributed by atoms with E-state index in [1.807, 2.05) is 55.4 Å². The van der Waals surface area contributed by atoms with Gasteiger partial charge in [0.1, 0.15) is 0 Å². The maximum atomic E-state index is 12.9. The summed E-state index contributed by atoms with van der Waals surface area (Å²) in [4.78, 5) is 39.3. The second-order valence-corrected chi connectivity index (χ2v) is 11.6. The zero-order valence-corrected chi connectivity index (χ0v) is 19.1. The third kappa shape index (κ3) is 6.62. The third-order valence-corrected chi connectivity index (χ3v) is 5.36. The second kappa shape index (κ2) is 7.56. The highest BCUT2D eigenvalue weighted by Gasteiger charge is 2.49. The quantitative estimate of drug-likeness (QED) is 0.699. The van der Waals surface area contributed by atoms with Crippen molar-refractivity contribution in [2.45, 2.75) is 106 Å². The zero-order valence-electron chi connectivity index (χ0n) is 19.1. The lowest BCUT2D eigenvalue weighted by molar-refractivity contribution is -0.147. The minimum atomic E-state index is -0.550. The summed E-state index contributed by atoms with van der Waals surface area (Å²) in [5, 5.41) is 3.01. The molecule has 27 heavy (non-hydrogen) atoms. The van der Waals surface area contributed by atoms with Crippen LogP contribution in [0.4, 0.5) is 0 Å². The molecule has 0 aliphatic carbocycles. The van der Waals surface area contributed by atoms with Crippen LogP contribution in [0.25, 0.3) is 0 Å². The van der Waals surface area contributed by atoms with Crippen LogP contribution in [-0.2, 0) is 14.4 Å². The van der Waals surface area contributed by atoms with Gasteiger partial charge in [-0.25, -0.2) is 0 Å². The molecule has 1 atom stereocenters. The molecule has 1 N–H and O–H groups in total. The van der Waals surface area contributed by atoms with Crippen molar-refractivity contribution < 1.29 is 14.4 Å². The molecule has 1 heterocycles. The van der Waals surface area contributed by atoms with Gasteiger partial charge in [0.25, 0.3) is 0 Å². The Kier molecular flexibility index (Phi) is 6.62. The number of hydrogen-bond donors (Lipinski definition) is 1. The van der Waals surface area contributed by atoms with E-state index in [0.717, 1.165) is 6.42 Å². The largest absolute Gasteiger partial charge is 0.351 e. The molecule has 1 rings (SSSR count). The summed E-state index contributed by atoms with van der Waals surface area (Å²) in [5.74, 6) is -0.352. The molecule has 0 spiro atoms. The number of rotatable bonds is 6. The van der Waals surface area contributed by atoms with E-state index in [1.54, 1.807) is 0 Å². The van der Waals surface area contributed by atoms with E-state index >= 15 is 0 Å². The monoisotopic (exact) mass is 380 g/mol. The van der Waals surface area contributed by atoms with Crippen LogP contribution >= 0.6 is 0 Å².